The van der Waals surface area contributed by atoms with Gasteiger partial charge < -0.3 is 15.8 Å². The molecule has 0 saturated heterocycles. The summed E-state index contributed by atoms with van der Waals surface area (Å²) in [5.41, 5.74) is 6.93. The minimum Gasteiger partial charge on any atom is -0.457 e. The Morgan fingerprint density at radius 2 is 1.64 bits per heavy atom. The van der Waals surface area contributed by atoms with E-state index in [0.29, 0.717) is 34.2 Å². The monoisotopic (exact) mass is 490 g/mol. The molecule has 0 radical (unpaired) electrons. The van der Waals surface area contributed by atoms with Crippen molar-refractivity contribution in [1.82, 2.24) is 19.7 Å². The van der Waals surface area contributed by atoms with Crippen molar-refractivity contribution in [3.8, 4) is 22.8 Å². The molecule has 0 bridgehead atoms. The van der Waals surface area contributed by atoms with Crippen LogP contribution in [0, 0.1) is 17.5 Å². The first-order valence-corrected chi connectivity index (χ1v) is 10.6. The lowest BCUT2D eigenvalue weighted by Crippen LogP contribution is -2.20. The number of amides is 1. The van der Waals surface area contributed by atoms with E-state index in [1.807, 2.05) is 30.3 Å². The van der Waals surface area contributed by atoms with E-state index in [2.05, 4.69) is 20.4 Å². The number of carbonyl (C=O) groups is 1. The number of fused-ring (bicyclic) bond motifs is 1. The average Bonchev–Trinajstić information content (AvgIpc) is 3.25. The summed E-state index contributed by atoms with van der Waals surface area (Å²) in [6.07, 6.45) is 1.23. The van der Waals surface area contributed by atoms with Crippen molar-refractivity contribution in [2.75, 3.05) is 11.1 Å². The van der Waals surface area contributed by atoms with Crippen molar-refractivity contribution < 1.29 is 22.7 Å². The van der Waals surface area contributed by atoms with Gasteiger partial charge in [-0.15, -0.1) is 0 Å². The number of ether oxygens (including phenoxy) is 1. The van der Waals surface area contributed by atoms with Gasteiger partial charge in [-0.2, -0.15) is 5.10 Å². The molecule has 0 aliphatic heterocycles. The fraction of sp³-hybridized carbons (Fsp3) is 0.0400. The highest BCUT2D eigenvalue weighted by Crippen LogP contribution is 2.32. The number of aromatic nitrogens is 4. The van der Waals surface area contributed by atoms with Gasteiger partial charge in [-0.05, 0) is 48.5 Å². The summed E-state index contributed by atoms with van der Waals surface area (Å²) >= 11 is 0. The Bertz CT molecular complexity index is 1570. The first-order valence-electron chi connectivity index (χ1n) is 10.6. The molecule has 2 aromatic heterocycles. The molecule has 11 heteroatoms. The Hall–Kier alpha value is -4.93. The van der Waals surface area contributed by atoms with Crippen molar-refractivity contribution in [3.05, 3.63) is 90.5 Å². The van der Waals surface area contributed by atoms with Gasteiger partial charge in [0.15, 0.2) is 23.1 Å². The van der Waals surface area contributed by atoms with E-state index in [1.54, 1.807) is 24.3 Å². The fourth-order valence-corrected chi connectivity index (χ4v) is 3.60. The molecule has 3 aromatic carbocycles. The molecule has 2 heterocycles. The summed E-state index contributed by atoms with van der Waals surface area (Å²) in [7, 11) is 0. The van der Waals surface area contributed by atoms with Gasteiger partial charge in [0.05, 0.1) is 11.1 Å². The number of para-hydroxylation sites is 1. The zero-order valence-electron chi connectivity index (χ0n) is 18.5. The lowest BCUT2D eigenvalue weighted by Gasteiger charge is -2.08. The van der Waals surface area contributed by atoms with Crippen LogP contribution in [0.5, 0.6) is 11.5 Å². The van der Waals surface area contributed by atoms with E-state index in [-0.39, 0.29) is 11.5 Å². The second-order valence-corrected chi connectivity index (χ2v) is 7.67. The predicted molar refractivity (Wildman–Crippen MR) is 127 cm³/mol. The maximum Gasteiger partial charge on any atom is 0.246 e. The van der Waals surface area contributed by atoms with Gasteiger partial charge in [-0.25, -0.2) is 27.8 Å². The minimum atomic E-state index is -1.68. The van der Waals surface area contributed by atoms with Crippen LogP contribution in [0.1, 0.15) is 0 Å². The van der Waals surface area contributed by atoms with E-state index in [4.69, 9.17) is 10.5 Å². The maximum atomic E-state index is 14.0. The van der Waals surface area contributed by atoms with Crippen molar-refractivity contribution in [1.29, 1.82) is 0 Å². The molecule has 0 fully saturated rings. The number of nitrogens with two attached hydrogens (primary N) is 1. The Balaban J connectivity index is 1.43. The van der Waals surface area contributed by atoms with E-state index in [9.17, 15) is 18.0 Å². The summed E-state index contributed by atoms with van der Waals surface area (Å²) in [6, 6.07) is 18.0. The van der Waals surface area contributed by atoms with Crippen molar-refractivity contribution >= 4 is 28.4 Å². The van der Waals surface area contributed by atoms with Crippen LogP contribution in [0.25, 0.3) is 22.3 Å². The maximum absolute atomic E-state index is 14.0. The lowest BCUT2D eigenvalue weighted by molar-refractivity contribution is -0.116. The highest BCUT2D eigenvalue weighted by atomic mass is 19.2. The molecular formula is C25H17F3N6O2. The first-order chi connectivity index (χ1) is 17.4. The SMILES string of the molecule is Nc1ncnc2c1c(-c1ccc(Oc3ccccc3)cc1)nn2CC(=O)Nc1ccc(F)c(F)c1F. The van der Waals surface area contributed by atoms with Gasteiger partial charge in [0.1, 0.15) is 35.9 Å². The van der Waals surface area contributed by atoms with Crippen molar-refractivity contribution in [3.63, 3.8) is 0 Å². The van der Waals surface area contributed by atoms with Crippen LogP contribution in [0.2, 0.25) is 0 Å². The molecule has 5 aromatic rings. The summed E-state index contributed by atoms with van der Waals surface area (Å²) in [5, 5.41) is 7.11. The summed E-state index contributed by atoms with van der Waals surface area (Å²) in [4.78, 5) is 20.8. The van der Waals surface area contributed by atoms with Gasteiger partial charge in [-0.3, -0.25) is 4.79 Å². The van der Waals surface area contributed by atoms with Gasteiger partial charge in [0, 0.05) is 5.56 Å². The van der Waals surface area contributed by atoms with Crippen LogP contribution < -0.4 is 15.8 Å². The normalized spacial score (nSPS) is 11.0. The number of hydrogen-bond donors (Lipinski definition) is 2. The zero-order chi connectivity index (χ0) is 25.2. The lowest BCUT2D eigenvalue weighted by atomic mass is 10.1. The number of hydrogen-bond acceptors (Lipinski definition) is 6. The second kappa shape index (κ2) is 9.37. The topological polar surface area (TPSA) is 108 Å². The Kier molecular flexibility index (Phi) is 5.95. The molecule has 0 aliphatic carbocycles. The number of nitrogens with one attached hydrogen (secondary N) is 1. The van der Waals surface area contributed by atoms with Crippen molar-refractivity contribution in [2.45, 2.75) is 6.54 Å². The van der Waals surface area contributed by atoms with Gasteiger partial charge in [0.2, 0.25) is 5.91 Å². The third-order valence-corrected chi connectivity index (χ3v) is 5.27. The standard InChI is InChI=1S/C25H17F3N6O2/c26-17-10-11-18(22(28)21(17)27)32-19(35)12-34-25-20(24(29)30-13-31-25)23(33-34)14-6-8-16(9-7-14)36-15-4-2-1-3-5-15/h1-11,13H,12H2,(H,32,35)(H2,29,30,31). The molecule has 0 spiro atoms. The predicted octanol–water partition coefficient (Wildman–Crippen LogP) is 4.92. The number of anilines is 2. The average molecular weight is 490 g/mol. The number of rotatable bonds is 6. The molecule has 1 amide bonds. The largest absolute Gasteiger partial charge is 0.457 e. The van der Waals surface area contributed by atoms with Gasteiger partial charge >= 0.3 is 0 Å². The minimum absolute atomic E-state index is 0.151. The van der Waals surface area contributed by atoms with Crippen LogP contribution in [0.4, 0.5) is 24.7 Å². The molecule has 0 unspecified atom stereocenters. The van der Waals surface area contributed by atoms with E-state index in [1.165, 1.54) is 11.0 Å². The highest BCUT2D eigenvalue weighted by molar-refractivity contribution is 5.99. The second-order valence-electron chi connectivity index (χ2n) is 7.67. The molecule has 3 N–H and O–H groups in total. The molecule has 0 atom stereocenters. The van der Waals surface area contributed by atoms with Crippen LogP contribution in [0.15, 0.2) is 73.1 Å². The molecule has 8 nitrogen and oxygen atoms in total. The molecule has 5 rings (SSSR count). The van der Waals surface area contributed by atoms with E-state index >= 15 is 0 Å². The molecule has 0 saturated carbocycles. The number of benzene rings is 3. The van der Waals surface area contributed by atoms with Crippen LogP contribution in [-0.2, 0) is 11.3 Å². The number of halogens is 3. The Labute approximate surface area is 202 Å². The first kappa shape index (κ1) is 22.8. The van der Waals surface area contributed by atoms with E-state index < -0.39 is 35.6 Å². The molecular weight excluding hydrogens is 473 g/mol. The van der Waals surface area contributed by atoms with Crippen LogP contribution in [0.3, 0.4) is 0 Å². The number of nitrogen functional groups attached to an aromatic ring is 1. The summed E-state index contributed by atoms with van der Waals surface area (Å²) in [5.74, 6) is -3.84. The quantitative estimate of drug-likeness (QED) is 0.327. The highest BCUT2D eigenvalue weighted by Gasteiger charge is 2.20. The van der Waals surface area contributed by atoms with Crippen LogP contribution in [-0.4, -0.2) is 25.7 Å². The third kappa shape index (κ3) is 4.41. The van der Waals surface area contributed by atoms with Gasteiger partial charge in [-0.1, -0.05) is 18.2 Å². The molecule has 180 valence electrons. The fourth-order valence-electron chi connectivity index (χ4n) is 3.60. The van der Waals surface area contributed by atoms with Crippen LogP contribution >= 0.6 is 0 Å². The summed E-state index contributed by atoms with van der Waals surface area (Å²) < 4.78 is 47.7. The smallest absolute Gasteiger partial charge is 0.246 e. The Morgan fingerprint density at radius 1 is 0.917 bits per heavy atom. The number of nitrogens with zero attached hydrogens (tertiary/aromatic N) is 4. The zero-order valence-corrected chi connectivity index (χ0v) is 18.5. The van der Waals surface area contributed by atoms with E-state index in [0.717, 1.165) is 6.07 Å². The Morgan fingerprint density at radius 3 is 2.39 bits per heavy atom. The third-order valence-electron chi connectivity index (χ3n) is 5.27. The van der Waals surface area contributed by atoms with Crippen molar-refractivity contribution in [2.24, 2.45) is 0 Å². The summed E-state index contributed by atoms with van der Waals surface area (Å²) in [6.45, 7) is -0.402. The molecule has 0 aliphatic rings. The molecule has 36 heavy (non-hydrogen) atoms. The number of carbonyl (C=O) groups excluding carboxylic acids is 1. The van der Waals surface area contributed by atoms with Gasteiger partial charge in [0.25, 0.3) is 0 Å².